The monoisotopic (exact) mass is 226 g/mol. The second-order valence-corrected chi connectivity index (χ2v) is 4.57. The van der Waals surface area contributed by atoms with Gasteiger partial charge in [0.1, 0.15) is 6.04 Å². The predicted octanol–water partition coefficient (Wildman–Crippen LogP) is 0.0616. The summed E-state index contributed by atoms with van der Waals surface area (Å²) in [7, 11) is 0. The van der Waals surface area contributed by atoms with Gasteiger partial charge in [-0.15, -0.1) is 0 Å². The molecule has 2 atom stereocenters. The average molecular weight is 226 g/mol. The van der Waals surface area contributed by atoms with Crippen LogP contribution in [0.25, 0.3) is 0 Å². The van der Waals surface area contributed by atoms with E-state index >= 15 is 0 Å². The SMILES string of the molecule is O=C(O)C1CCCN1C(=O)[C@@H]1CCCNC1. The van der Waals surface area contributed by atoms with Crippen LogP contribution in [0.5, 0.6) is 0 Å². The lowest BCUT2D eigenvalue weighted by Crippen LogP contribution is -2.47. The van der Waals surface area contributed by atoms with Gasteiger partial charge in [-0.2, -0.15) is 0 Å². The van der Waals surface area contributed by atoms with Crippen molar-refractivity contribution in [3.8, 4) is 0 Å². The summed E-state index contributed by atoms with van der Waals surface area (Å²) in [4.78, 5) is 24.7. The van der Waals surface area contributed by atoms with Crippen LogP contribution < -0.4 is 5.32 Å². The van der Waals surface area contributed by atoms with Gasteiger partial charge in [-0.05, 0) is 32.2 Å². The molecular weight excluding hydrogens is 208 g/mol. The van der Waals surface area contributed by atoms with E-state index in [1.54, 1.807) is 4.90 Å². The van der Waals surface area contributed by atoms with Crippen molar-refractivity contribution in [2.24, 2.45) is 5.92 Å². The Labute approximate surface area is 94.8 Å². The highest BCUT2D eigenvalue weighted by Gasteiger charge is 2.37. The van der Waals surface area contributed by atoms with E-state index in [0.717, 1.165) is 25.8 Å². The summed E-state index contributed by atoms with van der Waals surface area (Å²) >= 11 is 0. The summed E-state index contributed by atoms with van der Waals surface area (Å²) in [5.41, 5.74) is 0. The molecular formula is C11H18N2O3. The van der Waals surface area contributed by atoms with Gasteiger partial charge in [-0.1, -0.05) is 0 Å². The fourth-order valence-corrected chi connectivity index (χ4v) is 2.58. The molecule has 0 aliphatic carbocycles. The van der Waals surface area contributed by atoms with E-state index < -0.39 is 12.0 Å². The Morgan fingerprint density at radius 3 is 2.69 bits per heavy atom. The minimum absolute atomic E-state index is 0.0197. The molecule has 0 saturated carbocycles. The molecule has 2 N–H and O–H groups in total. The van der Waals surface area contributed by atoms with Crippen molar-refractivity contribution in [2.75, 3.05) is 19.6 Å². The lowest BCUT2D eigenvalue weighted by Gasteiger charge is -2.29. The molecule has 5 nitrogen and oxygen atoms in total. The number of nitrogens with one attached hydrogen (secondary N) is 1. The fourth-order valence-electron chi connectivity index (χ4n) is 2.58. The van der Waals surface area contributed by atoms with E-state index in [9.17, 15) is 9.59 Å². The van der Waals surface area contributed by atoms with Crippen LogP contribution in [0.4, 0.5) is 0 Å². The molecule has 2 heterocycles. The number of carbonyl (C=O) groups is 2. The predicted molar refractivity (Wildman–Crippen MR) is 58.0 cm³/mol. The summed E-state index contributed by atoms with van der Waals surface area (Å²) < 4.78 is 0. The topological polar surface area (TPSA) is 69.6 Å². The number of likely N-dealkylation sites (tertiary alicyclic amines) is 1. The fraction of sp³-hybridized carbons (Fsp3) is 0.818. The molecule has 0 radical (unpaired) electrons. The minimum atomic E-state index is -0.866. The van der Waals surface area contributed by atoms with E-state index in [1.165, 1.54) is 0 Å². The first-order valence-corrected chi connectivity index (χ1v) is 5.94. The summed E-state index contributed by atoms with van der Waals surface area (Å²) in [6.45, 7) is 2.26. The van der Waals surface area contributed by atoms with E-state index in [4.69, 9.17) is 5.11 Å². The highest BCUT2D eigenvalue weighted by atomic mass is 16.4. The van der Waals surface area contributed by atoms with Crippen LogP contribution in [0.3, 0.4) is 0 Å². The second-order valence-electron chi connectivity index (χ2n) is 4.57. The molecule has 0 aromatic heterocycles. The Balaban J connectivity index is 1.99. The van der Waals surface area contributed by atoms with Crippen LogP contribution in [0.1, 0.15) is 25.7 Å². The zero-order valence-corrected chi connectivity index (χ0v) is 9.32. The van der Waals surface area contributed by atoms with Crippen LogP contribution >= 0.6 is 0 Å². The Morgan fingerprint density at radius 1 is 1.25 bits per heavy atom. The minimum Gasteiger partial charge on any atom is -0.480 e. The van der Waals surface area contributed by atoms with Crippen molar-refractivity contribution in [1.82, 2.24) is 10.2 Å². The number of hydrogen-bond donors (Lipinski definition) is 2. The van der Waals surface area contributed by atoms with Crippen molar-refractivity contribution in [3.63, 3.8) is 0 Å². The van der Waals surface area contributed by atoms with Gasteiger partial charge in [0.25, 0.3) is 0 Å². The first-order chi connectivity index (χ1) is 7.70. The van der Waals surface area contributed by atoms with Crippen LogP contribution in [0, 0.1) is 5.92 Å². The van der Waals surface area contributed by atoms with Crippen LogP contribution in [-0.2, 0) is 9.59 Å². The highest BCUT2D eigenvalue weighted by Crippen LogP contribution is 2.22. The van der Waals surface area contributed by atoms with Gasteiger partial charge in [0.05, 0.1) is 5.92 Å². The van der Waals surface area contributed by atoms with Crippen LogP contribution in [-0.4, -0.2) is 47.6 Å². The number of hydrogen-bond acceptors (Lipinski definition) is 3. The number of nitrogens with zero attached hydrogens (tertiary/aromatic N) is 1. The average Bonchev–Trinajstić information content (AvgIpc) is 2.78. The molecule has 16 heavy (non-hydrogen) atoms. The second kappa shape index (κ2) is 4.82. The third-order valence-corrected chi connectivity index (χ3v) is 3.47. The Hall–Kier alpha value is -1.10. The van der Waals surface area contributed by atoms with Crippen molar-refractivity contribution in [1.29, 1.82) is 0 Å². The number of carboxylic acid groups (broad SMARTS) is 1. The van der Waals surface area contributed by atoms with Crippen molar-refractivity contribution >= 4 is 11.9 Å². The van der Waals surface area contributed by atoms with Gasteiger partial charge in [0.2, 0.25) is 5.91 Å². The lowest BCUT2D eigenvalue weighted by molar-refractivity contribution is -0.150. The number of rotatable bonds is 2. The Kier molecular flexibility index (Phi) is 3.43. The van der Waals surface area contributed by atoms with E-state index in [0.29, 0.717) is 19.5 Å². The maximum atomic E-state index is 12.1. The van der Waals surface area contributed by atoms with E-state index in [-0.39, 0.29) is 11.8 Å². The summed E-state index contributed by atoms with van der Waals surface area (Å²) in [5, 5.41) is 12.2. The molecule has 1 amide bonds. The van der Waals surface area contributed by atoms with Crippen LogP contribution in [0.2, 0.25) is 0 Å². The number of amides is 1. The van der Waals surface area contributed by atoms with E-state index in [2.05, 4.69) is 5.32 Å². The van der Waals surface area contributed by atoms with Gasteiger partial charge in [-0.25, -0.2) is 4.79 Å². The van der Waals surface area contributed by atoms with Crippen molar-refractivity contribution in [2.45, 2.75) is 31.7 Å². The third-order valence-electron chi connectivity index (χ3n) is 3.47. The molecule has 0 bridgehead atoms. The van der Waals surface area contributed by atoms with Gasteiger partial charge < -0.3 is 15.3 Å². The normalized spacial score (nSPS) is 30.4. The smallest absolute Gasteiger partial charge is 0.326 e. The molecule has 2 fully saturated rings. The van der Waals surface area contributed by atoms with Crippen LogP contribution in [0.15, 0.2) is 0 Å². The van der Waals surface area contributed by atoms with E-state index in [1.807, 2.05) is 0 Å². The summed E-state index contributed by atoms with van der Waals surface area (Å²) in [5.74, 6) is -0.861. The molecule has 2 rings (SSSR count). The molecule has 0 spiro atoms. The van der Waals surface area contributed by atoms with Gasteiger partial charge in [-0.3, -0.25) is 4.79 Å². The van der Waals surface area contributed by atoms with Crippen molar-refractivity contribution in [3.05, 3.63) is 0 Å². The number of aliphatic carboxylic acids is 1. The quantitative estimate of drug-likeness (QED) is 0.698. The maximum Gasteiger partial charge on any atom is 0.326 e. The first-order valence-electron chi connectivity index (χ1n) is 5.94. The Bertz CT molecular complexity index is 287. The van der Waals surface area contributed by atoms with Gasteiger partial charge in [0.15, 0.2) is 0 Å². The number of piperidine rings is 1. The molecule has 2 aliphatic heterocycles. The number of carboxylic acids is 1. The molecule has 2 saturated heterocycles. The molecule has 1 unspecified atom stereocenters. The molecule has 0 aromatic carbocycles. The molecule has 0 aromatic rings. The number of carbonyl (C=O) groups excluding carboxylic acids is 1. The summed E-state index contributed by atoms with van der Waals surface area (Å²) in [6, 6.07) is -0.588. The summed E-state index contributed by atoms with van der Waals surface area (Å²) in [6.07, 6.45) is 3.29. The third kappa shape index (κ3) is 2.19. The largest absolute Gasteiger partial charge is 0.480 e. The van der Waals surface area contributed by atoms with Gasteiger partial charge >= 0.3 is 5.97 Å². The molecule has 90 valence electrons. The zero-order chi connectivity index (χ0) is 11.5. The van der Waals surface area contributed by atoms with Crippen molar-refractivity contribution < 1.29 is 14.7 Å². The first kappa shape index (κ1) is 11.4. The Morgan fingerprint density at radius 2 is 2.06 bits per heavy atom. The maximum absolute atomic E-state index is 12.1. The van der Waals surface area contributed by atoms with Gasteiger partial charge in [0, 0.05) is 13.1 Å². The molecule has 2 aliphatic rings. The molecule has 5 heteroatoms. The zero-order valence-electron chi connectivity index (χ0n) is 9.32. The lowest BCUT2D eigenvalue weighted by atomic mass is 9.98. The highest BCUT2D eigenvalue weighted by molar-refractivity contribution is 5.85. The standard InChI is InChI=1S/C11H18N2O3/c14-10(8-3-1-5-12-7-8)13-6-2-4-9(13)11(15)16/h8-9,12H,1-7H2,(H,15,16)/t8-,9?/m1/s1.